The highest BCUT2D eigenvalue weighted by atomic mass is 16.5. The quantitative estimate of drug-likeness (QED) is 0.729. The zero-order valence-corrected chi connectivity index (χ0v) is 11.5. The van der Waals surface area contributed by atoms with E-state index in [0.717, 1.165) is 19.5 Å². The Hall–Kier alpha value is -0.650. The second-order valence-electron chi connectivity index (χ2n) is 6.36. The molecule has 2 unspecified atom stereocenters. The van der Waals surface area contributed by atoms with Crippen molar-refractivity contribution in [2.75, 3.05) is 32.8 Å². The number of hydrogen-bond donors (Lipinski definition) is 2. The number of carbonyl (C=O) groups excluding carboxylic acids is 1. The Bertz CT molecular complexity index is 324. The number of morpholine rings is 1. The smallest absolute Gasteiger partial charge is 0.230 e. The van der Waals surface area contributed by atoms with Crippen LogP contribution in [-0.2, 0) is 9.53 Å². The molecule has 5 nitrogen and oxygen atoms in total. The van der Waals surface area contributed by atoms with Gasteiger partial charge in [-0.1, -0.05) is 0 Å². The number of nitrogens with zero attached hydrogens (tertiary/aromatic N) is 1. The summed E-state index contributed by atoms with van der Waals surface area (Å²) in [4.78, 5) is 14.5. The van der Waals surface area contributed by atoms with Crippen molar-refractivity contribution in [3.05, 3.63) is 0 Å². The number of rotatable bonds is 2. The molecule has 0 bridgehead atoms. The van der Waals surface area contributed by atoms with Gasteiger partial charge in [-0.15, -0.1) is 0 Å². The first-order valence-electron chi connectivity index (χ1n) is 6.65. The Labute approximate surface area is 108 Å². The van der Waals surface area contributed by atoms with Gasteiger partial charge < -0.3 is 20.1 Å². The van der Waals surface area contributed by atoms with Crippen molar-refractivity contribution in [1.29, 1.82) is 0 Å². The molecule has 2 fully saturated rings. The van der Waals surface area contributed by atoms with E-state index in [4.69, 9.17) is 4.74 Å². The molecule has 104 valence electrons. The van der Waals surface area contributed by atoms with Gasteiger partial charge in [-0.05, 0) is 33.7 Å². The summed E-state index contributed by atoms with van der Waals surface area (Å²) in [5, 5.41) is 12.5. The van der Waals surface area contributed by atoms with E-state index >= 15 is 0 Å². The van der Waals surface area contributed by atoms with Crippen molar-refractivity contribution in [2.24, 2.45) is 5.41 Å². The third-order valence-corrected chi connectivity index (χ3v) is 3.86. The van der Waals surface area contributed by atoms with E-state index in [-0.39, 0.29) is 29.6 Å². The van der Waals surface area contributed by atoms with Crippen molar-refractivity contribution in [3.8, 4) is 0 Å². The summed E-state index contributed by atoms with van der Waals surface area (Å²) in [5.41, 5.74) is -0.683. The second kappa shape index (κ2) is 4.79. The van der Waals surface area contributed by atoms with Gasteiger partial charge in [0, 0.05) is 19.6 Å². The molecular weight excluding hydrogens is 232 g/mol. The van der Waals surface area contributed by atoms with Gasteiger partial charge in [0.2, 0.25) is 5.91 Å². The molecule has 0 spiro atoms. The van der Waals surface area contributed by atoms with E-state index in [2.05, 4.69) is 5.32 Å². The summed E-state index contributed by atoms with van der Waals surface area (Å²) >= 11 is 0. The zero-order valence-electron chi connectivity index (χ0n) is 11.5. The van der Waals surface area contributed by atoms with E-state index in [1.54, 1.807) is 0 Å². The molecule has 2 atom stereocenters. The monoisotopic (exact) mass is 256 g/mol. The number of amides is 1. The number of carbonyl (C=O) groups is 1. The minimum atomic E-state index is -0.385. The zero-order chi connectivity index (χ0) is 13.4. The fraction of sp³-hybridized carbons (Fsp3) is 0.923. The predicted molar refractivity (Wildman–Crippen MR) is 68.2 cm³/mol. The maximum Gasteiger partial charge on any atom is 0.230 e. The summed E-state index contributed by atoms with van der Waals surface area (Å²) < 4.78 is 5.74. The van der Waals surface area contributed by atoms with Crippen molar-refractivity contribution in [2.45, 2.75) is 38.9 Å². The minimum absolute atomic E-state index is 0.0395. The van der Waals surface area contributed by atoms with Gasteiger partial charge in [-0.25, -0.2) is 0 Å². The Morgan fingerprint density at radius 2 is 2.22 bits per heavy atom. The lowest BCUT2D eigenvalue weighted by molar-refractivity contribution is -0.173. The lowest BCUT2D eigenvalue weighted by atomic mass is 9.87. The summed E-state index contributed by atoms with van der Waals surface area (Å²) in [6.45, 7) is 8.64. The minimum Gasteiger partial charge on any atom is -0.394 e. The van der Waals surface area contributed by atoms with Crippen molar-refractivity contribution in [3.63, 3.8) is 0 Å². The number of aliphatic hydroxyl groups excluding tert-OH is 1. The van der Waals surface area contributed by atoms with Gasteiger partial charge in [-0.2, -0.15) is 0 Å². The molecule has 0 aromatic carbocycles. The average molecular weight is 256 g/mol. The lowest BCUT2D eigenvalue weighted by Crippen LogP contribution is -2.58. The summed E-state index contributed by atoms with van der Waals surface area (Å²) in [5.74, 6) is 0.183. The Morgan fingerprint density at radius 3 is 2.78 bits per heavy atom. The Morgan fingerprint density at radius 1 is 1.50 bits per heavy atom. The van der Waals surface area contributed by atoms with Crippen LogP contribution in [-0.4, -0.2) is 60.4 Å². The lowest BCUT2D eigenvalue weighted by Gasteiger charge is -2.44. The maximum atomic E-state index is 12.6. The first-order valence-corrected chi connectivity index (χ1v) is 6.65. The molecule has 0 aromatic rings. The molecule has 2 heterocycles. The van der Waals surface area contributed by atoms with Crippen molar-refractivity contribution >= 4 is 5.91 Å². The van der Waals surface area contributed by atoms with Crippen LogP contribution in [0.5, 0.6) is 0 Å². The molecule has 0 radical (unpaired) electrons. The van der Waals surface area contributed by atoms with E-state index < -0.39 is 0 Å². The largest absolute Gasteiger partial charge is 0.394 e. The van der Waals surface area contributed by atoms with Gasteiger partial charge in [0.25, 0.3) is 0 Å². The number of ether oxygens (including phenoxy) is 1. The van der Waals surface area contributed by atoms with E-state index in [0.29, 0.717) is 13.1 Å². The fourth-order valence-corrected chi connectivity index (χ4v) is 2.93. The van der Waals surface area contributed by atoms with Crippen LogP contribution < -0.4 is 5.32 Å². The highest BCUT2D eigenvalue weighted by Gasteiger charge is 2.43. The van der Waals surface area contributed by atoms with Gasteiger partial charge >= 0.3 is 0 Å². The standard InChI is InChI=1S/C13H24N2O3/c1-12(2)9-15(6-10(7-16)18-12)11(17)13(3)4-5-14-8-13/h10,14,16H,4-9H2,1-3H3. The second-order valence-corrected chi connectivity index (χ2v) is 6.36. The molecule has 2 aliphatic rings. The van der Waals surface area contributed by atoms with E-state index in [1.165, 1.54) is 0 Å². The molecule has 2 saturated heterocycles. The van der Waals surface area contributed by atoms with E-state index in [9.17, 15) is 9.90 Å². The van der Waals surface area contributed by atoms with Gasteiger partial charge in [0.1, 0.15) is 0 Å². The van der Waals surface area contributed by atoms with E-state index in [1.807, 2.05) is 25.7 Å². The third-order valence-electron chi connectivity index (χ3n) is 3.86. The molecule has 2 aliphatic heterocycles. The molecule has 5 heteroatoms. The third kappa shape index (κ3) is 2.68. The summed E-state index contributed by atoms with van der Waals surface area (Å²) in [6.07, 6.45) is 0.614. The van der Waals surface area contributed by atoms with Crippen molar-refractivity contribution < 1.29 is 14.6 Å². The molecule has 0 aromatic heterocycles. The average Bonchev–Trinajstić information content (AvgIpc) is 2.74. The van der Waals surface area contributed by atoms with Crippen LogP contribution in [0, 0.1) is 5.41 Å². The molecule has 0 aliphatic carbocycles. The highest BCUT2D eigenvalue weighted by Crippen LogP contribution is 2.30. The van der Waals surface area contributed by atoms with Crippen LogP contribution in [0.3, 0.4) is 0 Å². The maximum absolute atomic E-state index is 12.6. The normalized spacial score (nSPS) is 35.8. The first kappa shape index (κ1) is 13.8. The molecule has 2 N–H and O–H groups in total. The Kier molecular flexibility index (Phi) is 3.67. The molecule has 18 heavy (non-hydrogen) atoms. The summed E-state index contributed by atoms with van der Waals surface area (Å²) in [6, 6.07) is 0. The molecule has 2 rings (SSSR count). The van der Waals surface area contributed by atoms with Crippen LogP contribution in [0.25, 0.3) is 0 Å². The van der Waals surface area contributed by atoms with Crippen LogP contribution in [0.2, 0.25) is 0 Å². The SMILES string of the molecule is CC1(C)CN(C(=O)C2(C)CCNC2)CC(CO)O1. The summed E-state index contributed by atoms with van der Waals surface area (Å²) in [7, 11) is 0. The first-order chi connectivity index (χ1) is 8.36. The van der Waals surface area contributed by atoms with Crippen LogP contribution in [0.1, 0.15) is 27.2 Å². The van der Waals surface area contributed by atoms with Crippen LogP contribution in [0.4, 0.5) is 0 Å². The van der Waals surface area contributed by atoms with Gasteiger partial charge in [0.05, 0.1) is 23.7 Å². The number of aliphatic hydroxyl groups is 1. The highest BCUT2D eigenvalue weighted by molar-refractivity contribution is 5.83. The predicted octanol–water partition coefficient (Wildman–Crippen LogP) is -0.0157. The molecule has 1 amide bonds. The van der Waals surface area contributed by atoms with Gasteiger partial charge in [-0.3, -0.25) is 4.79 Å². The molecule has 0 saturated carbocycles. The topological polar surface area (TPSA) is 61.8 Å². The van der Waals surface area contributed by atoms with Crippen molar-refractivity contribution in [1.82, 2.24) is 10.2 Å². The molecular formula is C13H24N2O3. The van der Waals surface area contributed by atoms with Crippen LogP contribution in [0.15, 0.2) is 0 Å². The van der Waals surface area contributed by atoms with Gasteiger partial charge in [0.15, 0.2) is 0 Å². The Balaban J connectivity index is 2.09. The number of nitrogens with one attached hydrogen (secondary N) is 1. The number of hydrogen-bond acceptors (Lipinski definition) is 4. The fourth-order valence-electron chi connectivity index (χ4n) is 2.93. The van der Waals surface area contributed by atoms with Crippen LogP contribution >= 0.6 is 0 Å².